The molecule has 1 aromatic carbocycles. The predicted octanol–water partition coefficient (Wildman–Crippen LogP) is 2.96. The van der Waals surface area contributed by atoms with Gasteiger partial charge in [-0.25, -0.2) is 4.79 Å². The summed E-state index contributed by atoms with van der Waals surface area (Å²) < 4.78 is 10.1. The number of carbonyl (C=O) groups is 1. The third kappa shape index (κ3) is 5.73. The molecule has 0 radical (unpaired) electrons. The van der Waals surface area contributed by atoms with E-state index in [2.05, 4.69) is 22.0 Å². The summed E-state index contributed by atoms with van der Waals surface area (Å²) in [7, 11) is 0. The third-order valence-electron chi connectivity index (χ3n) is 2.16. The van der Waals surface area contributed by atoms with Gasteiger partial charge < -0.3 is 9.47 Å². The van der Waals surface area contributed by atoms with E-state index in [1.807, 2.05) is 18.2 Å². The number of ether oxygens (including phenoxy) is 2. The minimum atomic E-state index is -0.335. The first-order valence-electron chi connectivity index (χ1n) is 5.69. The summed E-state index contributed by atoms with van der Waals surface area (Å²) >= 11 is 3.40. The van der Waals surface area contributed by atoms with Crippen LogP contribution in [0.15, 0.2) is 24.3 Å². The first-order chi connectivity index (χ1) is 8.26. The molecule has 0 saturated carbocycles. The average Bonchev–Trinajstić information content (AvgIpc) is 2.35. The lowest BCUT2D eigenvalue weighted by Crippen LogP contribution is -2.14. The number of aryl methyl sites for hydroxylation is 1. The maximum atomic E-state index is 11.1. The van der Waals surface area contributed by atoms with Gasteiger partial charge in [0, 0.05) is 5.33 Å². The van der Waals surface area contributed by atoms with E-state index in [1.165, 1.54) is 5.56 Å². The lowest BCUT2D eigenvalue weighted by atomic mass is 10.1. The summed E-state index contributed by atoms with van der Waals surface area (Å²) in [5.74, 6) is 0.378. The molecule has 0 bridgehead atoms. The van der Waals surface area contributed by atoms with Crippen molar-refractivity contribution in [2.75, 3.05) is 18.5 Å². The number of hydrogen-bond donors (Lipinski definition) is 0. The average molecular weight is 301 g/mol. The molecule has 3 nitrogen and oxygen atoms in total. The lowest BCUT2D eigenvalue weighted by Gasteiger charge is -2.07. The molecule has 0 fully saturated rings. The van der Waals surface area contributed by atoms with Gasteiger partial charge in [-0.2, -0.15) is 0 Å². The summed E-state index contributed by atoms with van der Waals surface area (Å²) in [6.07, 6.45) is 2.09. The molecule has 17 heavy (non-hydrogen) atoms. The molecule has 0 saturated heterocycles. The molecule has 0 spiro atoms. The molecule has 0 aromatic heterocycles. The Bertz CT molecular complexity index is 352. The lowest BCUT2D eigenvalue weighted by molar-refractivity contribution is -0.145. The van der Waals surface area contributed by atoms with Gasteiger partial charge in [0.2, 0.25) is 0 Å². The van der Waals surface area contributed by atoms with Gasteiger partial charge in [-0.05, 0) is 37.5 Å². The van der Waals surface area contributed by atoms with Crippen LogP contribution in [0.2, 0.25) is 0 Å². The zero-order valence-corrected chi connectivity index (χ0v) is 11.5. The SMILES string of the molecule is CCOC(=O)COc1cccc(CCCBr)c1. The summed E-state index contributed by atoms with van der Waals surface area (Å²) in [6.45, 7) is 2.13. The second-order valence-electron chi connectivity index (χ2n) is 3.53. The fraction of sp³-hybridized carbons (Fsp3) is 0.462. The number of halogens is 1. The van der Waals surface area contributed by atoms with Crippen molar-refractivity contribution in [2.45, 2.75) is 19.8 Å². The Hall–Kier alpha value is -1.03. The van der Waals surface area contributed by atoms with Crippen LogP contribution in [0.4, 0.5) is 0 Å². The number of benzene rings is 1. The molecule has 1 rings (SSSR count). The van der Waals surface area contributed by atoms with Gasteiger partial charge in [0.1, 0.15) is 5.75 Å². The number of hydrogen-bond acceptors (Lipinski definition) is 3. The van der Waals surface area contributed by atoms with Crippen LogP contribution in [0, 0.1) is 0 Å². The normalized spacial score (nSPS) is 10.0. The smallest absolute Gasteiger partial charge is 0.344 e. The maximum Gasteiger partial charge on any atom is 0.344 e. The molecule has 1 aromatic rings. The Kier molecular flexibility index (Phi) is 6.70. The highest BCUT2D eigenvalue weighted by Crippen LogP contribution is 2.15. The summed E-state index contributed by atoms with van der Waals surface area (Å²) in [6, 6.07) is 7.79. The standard InChI is InChI=1S/C13H17BrO3/c1-2-16-13(15)10-17-12-7-3-5-11(9-12)6-4-8-14/h3,5,7,9H,2,4,6,8,10H2,1H3. The van der Waals surface area contributed by atoms with Gasteiger partial charge in [0.15, 0.2) is 6.61 Å². The molecule has 0 aliphatic heterocycles. The van der Waals surface area contributed by atoms with Crippen LogP contribution >= 0.6 is 15.9 Å². The zero-order valence-electron chi connectivity index (χ0n) is 9.95. The van der Waals surface area contributed by atoms with E-state index in [-0.39, 0.29) is 12.6 Å². The molecular weight excluding hydrogens is 284 g/mol. The van der Waals surface area contributed by atoms with Gasteiger partial charge in [0.25, 0.3) is 0 Å². The minimum Gasteiger partial charge on any atom is -0.482 e. The van der Waals surface area contributed by atoms with Gasteiger partial charge in [-0.3, -0.25) is 0 Å². The monoisotopic (exact) mass is 300 g/mol. The first-order valence-corrected chi connectivity index (χ1v) is 6.81. The highest BCUT2D eigenvalue weighted by molar-refractivity contribution is 9.09. The largest absolute Gasteiger partial charge is 0.482 e. The van der Waals surface area contributed by atoms with Crippen molar-refractivity contribution in [3.63, 3.8) is 0 Å². The number of esters is 1. The number of carbonyl (C=O) groups excluding carboxylic acids is 1. The molecule has 94 valence electrons. The number of rotatable bonds is 7. The Balaban J connectivity index is 2.45. The third-order valence-corrected chi connectivity index (χ3v) is 2.72. The fourth-order valence-electron chi connectivity index (χ4n) is 1.41. The molecular formula is C13H17BrO3. The zero-order chi connectivity index (χ0) is 12.5. The van der Waals surface area contributed by atoms with E-state index in [0.717, 1.165) is 18.2 Å². The Morgan fingerprint density at radius 1 is 1.41 bits per heavy atom. The van der Waals surface area contributed by atoms with Crippen LogP contribution in [-0.2, 0) is 16.0 Å². The van der Waals surface area contributed by atoms with Gasteiger partial charge in [0.05, 0.1) is 6.61 Å². The molecule has 0 aliphatic carbocycles. The minimum absolute atomic E-state index is 0.0320. The fourth-order valence-corrected chi connectivity index (χ4v) is 1.69. The van der Waals surface area contributed by atoms with Gasteiger partial charge in [-0.15, -0.1) is 0 Å². The highest BCUT2D eigenvalue weighted by Gasteiger charge is 2.03. The van der Waals surface area contributed by atoms with Crippen molar-refractivity contribution in [3.8, 4) is 5.75 Å². The van der Waals surface area contributed by atoms with Crippen molar-refractivity contribution in [3.05, 3.63) is 29.8 Å². The van der Waals surface area contributed by atoms with Crippen molar-refractivity contribution >= 4 is 21.9 Å². The molecule has 0 amide bonds. The van der Waals surface area contributed by atoms with E-state index >= 15 is 0 Å². The van der Waals surface area contributed by atoms with Crippen molar-refractivity contribution in [1.29, 1.82) is 0 Å². The van der Waals surface area contributed by atoms with E-state index in [0.29, 0.717) is 12.4 Å². The topological polar surface area (TPSA) is 35.5 Å². The van der Waals surface area contributed by atoms with Crippen molar-refractivity contribution in [1.82, 2.24) is 0 Å². The van der Waals surface area contributed by atoms with Gasteiger partial charge in [-0.1, -0.05) is 28.1 Å². The molecule has 0 aliphatic rings. The van der Waals surface area contributed by atoms with Crippen molar-refractivity contribution < 1.29 is 14.3 Å². The molecule has 0 unspecified atom stereocenters. The maximum absolute atomic E-state index is 11.1. The van der Waals surface area contributed by atoms with Crippen LogP contribution in [0.3, 0.4) is 0 Å². The summed E-state index contributed by atoms with van der Waals surface area (Å²) in [4.78, 5) is 11.1. The van der Waals surface area contributed by atoms with Crippen LogP contribution < -0.4 is 4.74 Å². The predicted molar refractivity (Wildman–Crippen MR) is 70.7 cm³/mol. The quantitative estimate of drug-likeness (QED) is 0.574. The second-order valence-corrected chi connectivity index (χ2v) is 4.33. The van der Waals surface area contributed by atoms with E-state index < -0.39 is 0 Å². The van der Waals surface area contributed by atoms with E-state index in [4.69, 9.17) is 9.47 Å². The second kappa shape index (κ2) is 8.12. The molecule has 0 N–H and O–H groups in total. The van der Waals surface area contributed by atoms with E-state index in [1.54, 1.807) is 6.92 Å². The molecule has 0 heterocycles. The van der Waals surface area contributed by atoms with Crippen LogP contribution in [0.1, 0.15) is 18.9 Å². The Labute approximate surface area is 110 Å². The number of alkyl halides is 1. The van der Waals surface area contributed by atoms with Crippen LogP contribution in [-0.4, -0.2) is 24.5 Å². The highest BCUT2D eigenvalue weighted by atomic mass is 79.9. The summed E-state index contributed by atoms with van der Waals surface area (Å²) in [5.41, 5.74) is 1.21. The van der Waals surface area contributed by atoms with Crippen molar-refractivity contribution in [2.24, 2.45) is 0 Å². The Morgan fingerprint density at radius 2 is 2.24 bits per heavy atom. The summed E-state index contributed by atoms with van der Waals surface area (Å²) in [5, 5.41) is 0.987. The first kappa shape index (κ1) is 14.0. The van der Waals surface area contributed by atoms with Gasteiger partial charge >= 0.3 is 5.97 Å². The Morgan fingerprint density at radius 3 is 2.94 bits per heavy atom. The van der Waals surface area contributed by atoms with Crippen LogP contribution in [0.25, 0.3) is 0 Å². The van der Waals surface area contributed by atoms with E-state index in [9.17, 15) is 4.79 Å². The molecule has 4 heteroatoms. The molecule has 0 atom stereocenters. The van der Waals surface area contributed by atoms with Crippen LogP contribution in [0.5, 0.6) is 5.75 Å².